The number of urea groups is 1. The van der Waals surface area contributed by atoms with Crippen LogP contribution in [0.2, 0.25) is 0 Å². The molecule has 0 radical (unpaired) electrons. The SMILES string of the molecule is CCOc1ccc(CCC2CCN(C(=O)N(C)C)CC2)cc1. The van der Waals surface area contributed by atoms with E-state index in [1.807, 2.05) is 25.9 Å². The van der Waals surface area contributed by atoms with E-state index in [1.165, 1.54) is 12.0 Å². The first-order valence-corrected chi connectivity index (χ1v) is 8.28. The molecule has 0 N–H and O–H groups in total. The van der Waals surface area contributed by atoms with Gasteiger partial charge in [0.25, 0.3) is 0 Å². The van der Waals surface area contributed by atoms with Crippen LogP contribution in [-0.2, 0) is 6.42 Å². The number of carbonyl (C=O) groups is 1. The van der Waals surface area contributed by atoms with Gasteiger partial charge in [-0.25, -0.2) is 4.79 Å². The zero-order valence-corrected chi connectivity index (χ0v) is 14.0. The number of benzene rings is 1. The van der Waals surface area contributed by atoms with E-state index in [2.05, 4.69) is 24.3 Å². The zero-order valence-electron chi connectivity index (χ0n) is 14.0. The van der Waals surface area contributed by atoms with Crippen LogP contribution in [0.1, 0.15) is 31.7 Å². The topological polar surface area (TPSA) is 32.8 Å². The van der Waals surface area contributed by atoms with Crippen molar-refractivity contribution in [2.24, 2.45) is 5.92 Å². The third-order valence-corrected chi connectivity index (χ3v) is 4.34. The fourth-order valence-corrected chi connectivity index (χ4v) is 2.99. The number of aryl methyl sites for hydroxylation is 1. The van der Waals surface area contributed by atoms with Gasteiger partial charge in [0.05, 0.1) is 6.61 Å². The van der Waals surface area contributed by atoms with Crippen molar-refractivity contribution in [1.82, 2.24) is 9.80 Å². The first-order valence-electron chi connectivity index (χ1n) is 8.28. The lowest BCUT2D eigenvalue weighted by molar-refractivity contribution is 0.145. The van der Waals surface area contributed by atoms with E-state index in [1.54, 1.807) is 4.90 Å². The van der Waals surface area contributed by atoms with Crippen LogP contribution in [0, 0.1) is 5.92 Å². The van der Waals surface area contributed by atoms with Crippen LogP contribution in [0.5, 0.6) is 5.75 Å². The van der Waals surface area contributed by atoms with Gasteiger partial charge in [0, 0.05) is 27.2 Å². The minimum atomic E-state index is 0.143. The molecule has 2 rings (SSSR count). The predicted octanol–water partition coefficient (Wildman–Crippen LogP) is 3.41. The lowest BCUT2D eigenvalue weighted by Gasteiger charge is -2.33. The third kappa shape index (κ3) is 4.65. The largest absolute Gasteiger partial charge is 0.494 e. The van der Waals surface area contributed by atoms with Crippen LogP contribution in [0.4, 0.5) is 4.79 Å². The second kappa shape index (κ2) is 8.06. The maximum atomic E-state index is 11.9. The molecule has 1 aromatic rings. The molecular formula is C18H28N2O2. The molecule has 0 aliphatic carbocycles. The molecule has 4 nitrogen and oxygen atoms in total. The van der Waals surface area contributed by atoms with Crippen molar-refractivity contribution in [3.8, 4) is 5.75 Å². The van der Waals surface area contributed by atoms with Crippen LogP contribution in [0.3, 0.4) is 0 Å². The normalized spacial score (nSPS) is 15.7. The maximum Gasteiger partial charge on any atom is 0.319 e. The van der Waals surface area contributed by atoms with Crippen molar-refractivity contribution in [2.75, 3.05) is 33.8 Å². The molecule has 4 heteroatoms. The Morgan fingerprint density at radius 1 is 1.23 bits per heavy atom. The minimum Gasteiger partial charge on any atom is -0.494 e. The van der Waals surface area contributed by atoms with Crippen LogP contribution < -0.4 is 4.74 Å². The number of nitrogens with zero attached hydrogens (tertiary/aromatic N) is 2. The molecule has 0 saturated carbocycles. The molecule has 1 heterocycles. The Hall–Kier alpha value is -1.71. The predicted molar refractivity (Wildman–Crippen MR) is 89.3 cm³/mol. The lowest BCUT2D eigenvalue weighted by atomic mass is 9.90. The second-order valence-corrected chi connectivity index (χ2v) is 6.22. The monoisotopic (exact) mass is 304 g/mol. The van der Waals surface area contributed by atoms with E-state index < -0.39 is 0 Å². The average Bonchev–Trinajstić information content (AvgIpc) is 2.54. The Bertz CT molecular complexity index is 462. The fourth-order valence-electron chi connectivity index (χ4n) is 2.99. The summed E-state index contributed by atoms with van der Waals surface area (Å²) < 4.78 is 5.47. The zero-order chi connectivity index (χ0) is 15.9. The Kier molecular flexibility index (Phi) is 6.10. The summed E-state index contributed by atoms with van der Waals surface area (Å²) in [4.78, 5) is 15.5. The molecule has 1 aromatic carbocycles. The first kappa shape index (κ1) is 16.7. The molecule has 22 heavy (non-hydrogen) atoms. The fraction of sp³-hybridized carbons (Fsp3) is 0.611. The number of piperidine rings is 1. The third-order valence-electron chi connectivity index (χ3n) is 4.34. The van der Waals surface area contributed by atoms with Gasteiger partial charge < -0.3 is 14.5 Å². The van der Waals surface area contributed by atoms with Crippen LogP contribution in [-0.4, -0.2) is 49.6 Å². The van der Waals surface area contributed by atoms with E-state index in [0.29, 0.717) is 6.61 Å². The van der Waals surface area contributed by atoms with E-state index in [0.717, 1.165) is 44.0 Å². The molecule has 1 saturated heterocycles. The Morgan fingerprint density at radius 2 is 1.86 bits per heavy atom. The molecule has 0 spiro atoms. The van der Waals surface area contributed by atoms with E-state index >= 15 is 0 Å². The number of ether oxygens (including phenoxy) is 1. The Balaban J connectivity index is 1.73. The maximum absolute atomic E-state index is 11.9. The number of rotatable bonds is 5. The molecular weight excluding hydrogens is 276 g/mol. The summed E-state index contributed by atoms with van der Waals surface area (Å²) in [5, 5.41) is 0. The summed E-state index contributed by atoms with van der Waals surface area (Å²) in [7, 11) is 3.64. The van der Waals surface area contributed by atoms with Gasteiger partial charge in [-0.05, 0) is 56.2 Å². The first-order chi connectivity index (χ1) is 10.6. The number of likely N-dealkylation sites (tertiary alicyclic amines) is 1. The highest BCUT2D eigenvalue weighted by molar-refractivity contribution is 5.73. The van der Waals surface area contributed by atoms with Crippen LogP contribution >= 0.6 is 0 Å². The Morgan fingerprint density at radius 3 is 2.41 bits per heavy atom. The van der Waals surface area contributed by atoms with Gasteiger partial charge in [0.15, 0.2) is 0 Å². The standard InChI is InChI=1S/C18H28N2O2/c1-4-22-17-9-7-15(8-10-17)5-6-16-11-13-20(14-12-16)18(21)19(2)3/h7-10,16H,4-6,11-14H2,1-3H3. The minimum absolute atomic E-state index is 0.143. The molecule has 122 valence electrons. The Labute approximate surface area is 134 Å². The number of amides is 2. The lowest BCUT2D eigenvalue weighted by Crippen LogP contribution is -2.43. The van der Waals surface area contributed by atoms with Gasteiger partial charge in [0.1, 0.15) is 5.75 Å². The summed E-state index contributed by atoms with van der Waals surface area (Å²) >= 11 is 0. The van der Waals surface area contributed by atoms with Gasteiger partial charge in [-0.15, -0.1) is 0 Å². The molecule has 2 amide bonds. The molecule has 0 unspecified atom stereocenters. The molecule has 0 bridgehead atoms. The summed E-state index contributed by atoms with van der Waals surface area (Å²) in [5.41, 5.74) is 1.37. The number of carbonyl (C=O) groups excluding carboxylic acids is 1. The highest BCUT2D eigenvalue weighted by atomic mass is 16.5. The van der Waals surface area contributed by atoms with Gasteiger partial charge in [0.2, 0.25) is 0 Å². The van der Waals surface area contributed by atoms with Crippen molar-refractivity contribution in [3.05, 3.63) is 29.8 Å². The van der Waals surface area contributed by atoms with Crippen LogP contribution in [0.25, 0.3) is 0 Å². The number of hydrogen-bond acceptors (Lipinski definition) is 2. The van der Waals surface area contributed by atoms with Crippen molar-refractivity contribution < 1.29 is 9.53 Å². The summed E-state index contributed by atoms with van der Waals surface area (Å²) in [6, 6.07) is 8.57. The quantitative estimate of drug-likeness (QED) is 0.835. The van der Waals surface area contributed by atoms with Crippen LogP contribution in [0.15, 0.2) is 24.3 Å². The smallest absolute Gasteiger partial charge is 0.319 e. The van der Waals surface area contributed by atoms with Gasteiger partial charge in [-0.2, -0.15) is 0 Å². The van der Waals surface area contributed by atoms with Crippen molar-refractivity contribution in [1.29, 1.82) is 0 Å². The van der Waals surface area contributed by atoms with E-state index in [-0.39, 0.29) is 6.03 Å². The van der Waals surface area contributed by atoms with Crippen molar-refractivity contribution in [3.63, 3.8) is 0 Å². The summed E-state index contributed by atoms with van der Waals surface area (Å²) in [6.45, 7) is 4.50. The molecule has 1 aliphatic heterocycles. The van der Waals surface area contributed by atoms with Gasteiger partial charge >= 0.3 is 6.03 Å². The summed E-state index contributed by atoms with van der Waals surface area (Å²) in [6.07, 6.45) is 4.56. The van der Waals surface area contributed by atoms with E-state index in [9.17, 15) is 4.79 Å². The average molecular weight is 304 g/mol. The molecule has 0 aromatic heterocycles. The number of hydrogen-bond donors (Lipinski definition) is 0. The van der Waals surface area contributed by atoms with Crippen molar-refractivity contribution >= 4 is 6.03 Å². The molecule has 0 atom stereocenters. The van der Waals surface area contributed by atoms with Gasteiger partial charge in [-0.1, -0.05) is 12.1 Å². The highest BCUT2D eigenvalue weighted by Crippen LogP contribution is 2.23. The molecule has 1 fully saturated rings. The highest BCUT2D eigenvalue weighted by Gasteiger charge is 2.23. The second-order valence-electron chi connectivity index (χ2n) is 6.22. The van der Waals surface area contributed by atoms with Crippen molar-refractivity contribution in [2.45, 2.75) is 32.6 Å². The van der Waals surface area contributed by atoms with E-state index in [4.69, 9.17) is 4.74 Å². The molecule has 1 aliphatic rings. The summed E-state index contributed by atoms with van der Waals surface area (Å²) in [5.74, 6) is 1.68. The van der Waals surface area contributed by atoms with Gasteiger partial charge in [-0.3, -0.25) is 0 Å².